The maximum Gasteiger partial charge on any atom is 0.274 e. The number of carbonyl (C=O) groups is 2. The van der Waals surface area contributed by atoms with Gasteiger partial charge in [-0.15, -0.1) is 0 Å². The monoisotopic (exact) mass is 503 g/mol. The van der Waals surface area contributed by atoms with Crippen molar-refractivity contribution in [2.24, 2.45) is 16.6 Å². The summed E-state index contributed by atoms with van der Waals surface area (Å²) in [6.45, 7) is 9.45. The Morgan fingerprint density at radius 2 is 2.03 bits per heavy atom. The summed E-state index contributed by atoms with van der Waals surface area (Å²) in [6, 6.07) is 6.95. The van der Waals surface area contributed by atoms with Gasteiger partial charge < -0.3 is 27.4 Å². The van der Waals surface area contributed by atoms with Crippen molar-refractivity contribution in [3.8, 4) is 0 Å². The van der Waals surface area contributed by atoms with Crippen LogP contribution in [0.15, 0.2) is 46.6 Å². The molecule has 3 atom stereocenters. The molecule has 0 spiro atoms. The summed E-state index contributed by atoms with van der Waals surface area (Å²) in [6.07, 6.45) is 3.41. The van der Waals surface area contributed by atoms with Crippen molar-refractivity contribution in [2.75, 3.05) is 25.9 Å². The van der Waals surface area contributed by atoms with Gasteiger partial charge in [-0.3, -0.25) is 19.5 Å². The first kappa shape index (κ1) is 28.4. The molecule has 2 rings (SSSR count). The first-order valence-corrected chi connectivity index (χ1v) is 12.1. The molecule has 0 saturated heterocycles. The minimum absolute atomic E-state index is 0.0111. The van der Waals surface area contributed by atoms with E-state index in [0.29, 0.717) is 28.5 Å². The number of amides is 2. The zero-order chi connectivity index (χ0) is 26.1. The van der Waals surface area contributed by atoms with Crippen LogP contribution in [0.3, 0.4) is 0 Å². The molecule has 2 amide bonds. The van der Waals surface area contributed by atoms with Gasteiger partial charge in [-0.2, -0.15) is 0 Å². The van der Waals surface area contributed by atoms with Gasteiger partial charge in [0.05, 0.1) is 23.6 Å². The molecule has 0 saturated carbocycles. The number of hydrogen-bond donors (Lipinski definition) is 5. The maximum atomic E-state index is 13.4. The minimum Gasteiger partial charge on any atom is -0.399 e. The molecule has 10 heteroatoms. The Morgan fingerprint density at radius 3 is 2.57 bits per heavy atom. The molecule has 0 aliphatic carbocycles. The largest absolute Gasteiger partial charge is 0.399 e. The van der Waals surface area contributed by atoms with Crippen LogP contribution in [0.4, 0.5) is 5.69 Å². The molecule has 1 aliphatic rings. The maximum absolute atomic E-state index is 13.4. The summed E-state index contributed by atoms with van der Waals surface area (Å²) in [5.41, 5.74) is 13.7. The van der Waals surface area contributed by atoms with Gasteiger partial charge in [-0.25, -0.2) is 0 Å². The minimum atomic E-state index is -0.453. The second-order valence-corrected chi connectivity index (χ2v) is 9.56. The van der Waals surface area contributed by atoms with Gasteiger partial charge >= 0.3 is 0 Å². The number of aliphatic imine (C=N–C) groups is 1. The summed E-state index contributed by atoms with van der Waals surface area (Å²) < 4.78 is 0. The van der Waals surface area contributed by atoms with Gasteiger partial charge in [0.1, 0.15) is 6.54 Å². The molecule has 9 nitrogen and oxygen atoms in total. The Hall–Kier alpha value is -2.88. The average Bonchev–Trinajstić information content (AvgIpc) is 2.81. The summed E-state index contributed by atoms with van der Waals surface area (Å²) in [7, 11) is 1.82. The molecule has 7 N–H and O–H groups in total. The number of nitrogen functional groups attached to an aromatic ring is 1. The second-order valence-electron chi connectivity index (χ2n) is 8.99. The Balaban J connectivity index is 2.19. The third-order valence-corrected chi connectivity index (χ3v) is 5.85. The lowest BCUT2D eigenvalue weighted by molar-refractivity contribution is -0.130. The molecule has 0 fully saturated rings. The fourth-order valence-electron chi connectivity index (χ4n) is 3.89. The topological polar surface area (TPSA) is 138 Å². The lowest BCUT2D eigenvalue weighted by Gasteiger charge is -2.29. The standard InChI is InChI=1S/C25H38ClN7O2/c1-15(2)32-17(4)25(35)33(23(16(3)26)18-7-6-8-20(27)11-18)14-22(34)31-13-21-10-9-19(12-30-21)24(28)29-5/h6-8,11-12,15,19,21,24,29,32H,4,9-10,13-14,27-28H2,1-3,5H3,(H,31,34)/b23-16+. The van der Waals surface area contributed by atoms with Crippen molar-refractivity contribution in [3.05, 3.63) is 47.1 Å². The van der Waals surface area contributed by atoms with Crippen molar-refractivity contribution in [1.29, 1.82) is 0 Å². The Morgan fingerprint density at radius 1 is 1.31 bits per heavy atom. The SMILES string of the molecule is C=C(NC(C)C)C(=O)N(CC(=O)NCC1CCC(C(N)NC)C=N1)/C(=C(\C)Cl)c1cccc(N)c1. The third-order valence-electron chi connectivity index (χ3n) is 5.68. The molecular weight excluding hydrogens is 466 g/mol. The van der Waals surface area contributed by atoms with E-state index in [4.69, 9.17) is 23.1 Å². The van der Waals surface area contributed by atoms with Crippen LogP contribution in [-0.2, 0) is 9.59 Å². The lowest BCUT2D eigenvalue weighted by Crippen LogP contribution is -2.46. The fraction of sp³-hybridized carbons (Fsp3) is 0.480. The molecule has 0 bridgehead atoms. The third kappa shape index (κ3) is 8.38. The van der Waals surface area contributed by atoms with Gasteiger partial charge in [0, 0.05) is 41.0 Å². The van der Waals surface area contributed by atoms with Crippen molar-refractivity contribution in [3.63, 3.8) is 0 Å². The Kier molecular flexibility index (Phi) is 10.8. The highest BCUT2D eigenvalue weighted by Gasteiger charge is 2.27. The second kappa shape index (κ2) is 13.3. The van der Waals surface area contributed by atoms with Crippen LogP contribution < -0.4 is 27.4 Å². The zero-order valence-corrected chi connectivity index (χ0v) is 21.7. The first-order valence-electron chi connectivity index (χ1n) is 11.8. The number of nitrogens with two attached hydrogens (primary N) is 2. The first-order chi connectivity index (χ1) is 16.5. The van der Waals surface area contributed by atoms with Crippen LogP contribution in [0.25, 0.3) is 5.70 Å². The highest BCUT2D eigenvalue weighted by atomic mass is 35.5. The summed E-state index contributed by atoms with van der Waals surface area (Å²) in [4.78, 5) is 32.2. The van der Waals surface area contributed by atoms with Crippen molar-refractivity contribution >= 4 is 41.0 Å². The molecule has 192 valence electrons. The molecule has 35 heavy (non-hydrogen) atoms. The number of halogens is 1. The van der Waals surface area contributed by atoms with Crippen molar-refractivity contribution in [1.82, 2.24) is 20.9 Å². The average molecular weight is 504 g/mol. The van der Waals surface area contributed by atoms with E-state index in [0.717, 1.165) is 12.8 Å². The normalized spacial score (nSPS) is 19.1. The van der Waals surface area contributed by atoms with Gasteiger partial charge in [0.25, 0.3) is 5.91 Å². The number of hydrogen-bond acceptors (Lipinski definition) is 7. The number of anilines is 1. The van der Waals surface area contributed by atoms with E-state index < -0.39 is 5.91 Å². The summed E-state index contributed by atoms with van der Waals surface area (Å²) in [5.74, 6) is -0.623. The lowest BCUT2D eigenvalue weighted by atomic mass is 9.95. The highest BCUT2D eigenvalue weighted by molar-refractivity contribution is 6.32. The number of nitrogens with one attached hydrogen (secondary N) is 3. The van der Waals surface area contributed by atoms with E-state index in [1.807, 2.05) is 27.1 Å². The van der Waals surface area contributed by atoms with E-state index in [2.05, 4.69) is 27.5 Å². The van der Waals surface area contributed by atoms with E-state index in [1.165, 1.54) is 4.90 Å². The predicted octanol–water partition coefficient (Wildman–Crippen LogP) is 2.01. The van der Waals surface area contributed by atoms with Crippen LogP contribution >= 0.6 is 11.6 Å². The molecule has 0 aromatic heterocycles. The number of allylic oxidation sites excluding steroid dienone is 1. The zero-order valence-electron chi connectivity index (χ0n) is 21.0. The molecule has 3 unspecified atom stereocenters. The van der Waals surface area contributed by atoms with E-state index in [1.54, 1.807) is 31.2 Å². The number of benzene rings is 1. The predicted molar refractivity (Wildman–Crippen MR) is 143 cm³/mol. The van der Waals surface area contributed by atoms with E-state index >= 15 is 0 Å². The Bertz CT molecular complexity index is 972. The van der Waals surface area contributed by atoms with Gasteiger partial charge in [-0.05, 0) is 52.8 Å². The van der Waals surface area contributed by atoms with Gasteiger partial charge in [-0.1, -0.05) is 30.3 Å². The van der Waals surface area contributed by atoms with Gasteiger partial charge in [0.15, 0.2) is 0 Å². The van der Waals surface area contributed by atoms with Crippen LogP contribution in [0.1, 0.15) is 39.2 Å². The molecular formula is C25H38ClN7O2. The quantitative estimate of drug-likeness (QED) is 0.178. The smallest absolute Gasteiger partial charge is 0.274 e. The number of nitrogens with zero attached hydrogens (tertiary/aromatic N) is 2. The van der Waals surface area contributed by atoms with Gasteiger partial charge in [0.2, 0.25) is 5.91 Å². The van der Waals surface area contributed by atoms with E-state index in [9.17, 15) is 9.59 Å². The molecule has 1 heterocycles. The highest BCUT2D eigenvalue weighted by Crippen LogP contribution is 2.28. The van der Waals surface area contributed by atoms with Crippen LogP contribution in [0.5, 0.6) is 0 Å². The fourth-order valence-corrected chi connectivity index (χ4v) is 4.10. The molecule has 0 radical (unpaired) electrons. The van der Waals surface area contributed by atoms with Crippen molar-refractivity contribution in [2.45, 2.75) is 51.9 Å². The van der Waals surface area contributed by atoms with Crippen LogP contribution in [-0.4, -0.2) is 61.3 Å². The van der Waals surface area contributed by atoms with Crippen LogP contribution in [0.2, 0.25) is 0 Å². The number of carbonyl (C=O) groups excluding carboxylic acids is 2. The molecule has 1 aromatic carbocycles. The molecule has 1 aliphatic heterocycles. The Labute approximate surface area is 213 Å². The summed E-state index contributed by atoms with van der Waals surface area (Å²) >= 11 is 6.44. The van der Waals surface area contributed by atoms with Crippen molar-refractivity contribution < 1.29 is 9.59 Å². The molecule has 1 aromatic rings. The number of rotatable bonds is 11. The van der Waals surface area contributed by atoms with Crippen LogP contribution in [0, 0.1) is 5.92 Å². The van der Waals surface area contributed by atoms with E-state index in [-0.39, 0.29) is 42.3 Å². The summed E-state index contributed by atoms with van der Waals surface area (Å²) in [5, 5.41) is 9.29.